The molecule has 1 heterocycles. The molecule has 0 spiro atoms. The fourth-order valence-corrected chi connectivity index (χ4v) is 0.666. The Kier molecular flexibility index (Phi) is 1.57. The van der Waals surface area contributed by atoms with Gasteiger partial charge in [-0.2, -0.15) is 0 Å². The van der Waals surface area contributed by atoms with Gasteiger partial charge < -0.3 is 14.2 Å². The summed E-state index contributed by atoms with van der Waals surface area (Å²) in [5.41, 5.74) is 0. The van der Waals surface area contributed by atoms with Gasteiger partial charge in [0.25, 0.3) is 0 Å². The van der Waals surface area contributed by atoms with E-state index in [9.17, 15) is 4.79 Å². The van der Waals surface area contributed by atoms with E-state index >= 15 is 0 Å². The van der Waals surface area contributed by atoms with Gasteiger partial charge in [0.05, 0.1) is 0 Å². The molecular formula is C5H8O4. The highest BCUT2D eigenvalue weighted by molar-refractivity contribution is 5.62. The lowest BCUT2D eigenvalue weighted by molar-refractivity contribution is -0.0721. The number of carbonyl (C=O) groups is 1. The van der Waals surface area contributed by atoms with Gasteiger partial charge in [0.2, 0.25) is 6.29 Å². The molecule has 2 unspecified atom stereocenters. The van der Waals surface area contributed by atoms with E-state index in [1.54, 1.807) is 6.92 Å². The number of hydrogen-bond donors (Lipinski definition) is 0. The van der Waals surface area contributed by atoms with Crippen LogP contribution in [0.2, 0.25) is 0 Å². The van der Waals surface area contributed by atoms with Crippen LogP contribution < -0.4 is 0 Å². The Bertz CT molecular complexity index is 122. The normalized spacial score (nSPS) is 33.8. The van der Waals surface area contributed by atoms with Crippen molar-refractivity contribution >= 4 is 6.16 Å². The van der Waals surface area contributed by atoms with Crippen molar-refractivity contribution < 1.29 is 19.0 Å². The molecule has 1 aliphatic heterocycles. The number of hydrogen-bond acceptors (Lipinski definition) is 4. The molecule has 4 heteroatoms. The third-order valence-corrected chi connectivity index (χ3v) is 1.11. The van der Waals surface area contributed by atoms with Crippen LogP contribution in [0.15, 0.2) is 0 Å². The molecule has 0 amide bonds. The molecule has 2 atom stereocenters. The maximum atomic E-state index is 10.3. The number of rotatable bonds is 1. The second-order valence-electron chi connectivity index (χ2n) is 1.79. The van der Waals surface area contributed by atoms with E-state index in [0.717, 1.165) is 0 Å². The van der Waals surface area contributed by atoms with Gasteiger partial charge in [-0.25, -0.2) is 4.79 Å². The molecule has 0 N–H and O–H groups in total. The molecule has 0 aromatic heterocycles. The van der Waals surface area contributed by atoms with E-state index in [1.165, 1.54) is 7.11 Å². The highest BCUT2D eigenvalue weighted by atomic mass is 16.8. The highest BCUT2D eigenvalue weighted by Gasteiger charge is 2.32. The quantitative estimate of drug-likeness (QED) is 0.488. The van der Waals surface area contributed by atoms with Gasteiger partial charge >= 0.3 is 6.16 Å². The number of carbonyl (C=O) groups excluding carboxylic acids is 1. The molecule has 1 saturated heterocycles. The topological polar surface area (TPSA) is 44.8 Å². The van der Waals surface area contributed by atoms with Crippen LogP contribution in [-0.2, 0) is 14.2 Å². The van der Waals surface area contributed by atoms with E-state index in [2.05, 4.69) is 9.47 Å². The van der Waals surface area contributed by atoms with Crippen molar-refractivity contribution in [1.29, 1.82) is 0 Å². The van der Waals surface area contributed by atoms with E-state index in [-0.39, 0.29) is 6.10 Å². The van der Waals surface area contributed by atoms with E-state index in [1.807, 2.05) is 0 Å². The minimum Gasteiger partial charge on any atom is -0.425 e. The van der Waals surface area contributed by atoms with E-state index in [0.29, 0.717) is 0 Å². The fourth-order valence-electron chi connectivity index (χ4n) is 0.666. The fraction of sp³-hybridized carbons (Fsp3) is 0.800. The van der Waals surface area contributed by atoms with Gasteiger partial charge in [-0.05, 0) is 6.92 Å². The van der Waals surface area contributed by atoms with Gasteiger partial charge in [-0.15, -0.1) is 0 Å². The molecule has 0 aromatic rings. The second-order valence-corrected chi connectivity index (χ2v) is 1.79. The summed E-state index contributed by atoms with van der Waals surface area (Å²) in [4.78, 5) is 10.3. The summed E-state index contributed by atoms with van der Waals surface area (Å²) in [6.07, 6.45) is -1.48. The molecule has 0 bridgehead atoms. The molecule has 0 radical (unpaired) electrons. The predicted octanol–water partition coefficient (Wildman–Crippen LogP) is 0.514. The zero-order valence-corrected chi connectivity index (χ0v) is 5.29. The Balaban J connectivity index is 2.47. The van der Waals surface area contributed by atoms with Crippen LogP contribution in [0, 0.1) is 0 Å². The Morgan fingerprint density at radius 3 is 2.44 bits per heavy atom. The van der Waals surface area contributed by atoms with Crippen LogP contribution in [0.3, 0.4) is 0 Å². The summed E-state index contributed by atoms with van der Waals surface area (Å²) in [6.45, 7) is 1.71. The molecule has 1 fully saturated rings. The summed E-state index contributed by atoms with van der Waals surface area (Å²) in [7, 11) is 1.46. The second kappa shape index (κ2) is 2.23. The van der Waals surface area contributed by atoms with Crippen molar-refractivity contribution in [2.45, 2.75) is 19.3 Å². The Morgan fingerprint density at radius 2 is 2.22 bits per heavy atom. The van der Waals surface area contributed by atoms with Crippen molar-refractivity contribution in [3.63, 3.8) is 0 Å². The first-order valence-corrected chi connectivity index (χ1v) is 2.64. The largest absolute Gasteiger partial charge is 0.511 e. The van der Waals surface area contributed by atoms with Gasteiger partial charge in [0, 0.05) is 7.11 Å². The zero-order valence-electron chi connectivity index (χ0n) is 5.29. The Hall–Kier alpha value is -0.770. The predicted molar refractivity (Wildman–Crippen MR) is 27.8 cm³/mol. The highest BCUT2D eigenvalue weighted by Crippen LogP contribution is 2.13. The van der Waals surface area contributed by atoms with Crippen molar-refractivity contribution in [2.24, 2.45) is 0 Å². The summed E-state index contributed by atoms with van der Waals surface area (Å²) in [5.74, 6) is 0. The van der Waals surface area contributed by atoms with Crippen molar-refractivity contribution in [1.82, 2.24) is 0 Å². The van der Waals surface area contributed by atoms with Crippen LogP contribution in [0.25, 0.3) is 0 Å². The maximum Gasteiger partial charge on any atom is 0.511 e. The van der Waals surface area contributed by atoms with E-state index < -0.39 is 12.4 Å². The minimum atomic E-state index is -0.658. The third kappa shape index (κ3) is 1.13. The van der Waals surface area contributed by atoms with Crippen molar-refractivity contribution in [3.8, 4) is 0 Å². The SMILES string of the molecule is COC1OC(=O)OC1C. The Morgan fingerprint density at radius 1 is 1.56 bits per heavy atom. The first kappa shape index (κ1) is 6.35. The molecule has 9 heavy (non-hydrogen) atoms. The average Bonchev–Trinajstić information content (AvgIpc) is 2.10. The van der Waals surface area contributed by atoms with Crippen LogP contribution in [0.1, 0.15) is 6.92 Å². The molecular weight excluding hydrogens is 124 g/mol. The standard InChI is InChI=1S/C5H8O4/c1-3-4(7-2)9-5(6)8-3/h3-4H,1-2H3. The van der Waals surface area contributed by atoms with Gasteiger partial charge in [0.1, 0.15) is 0 Å². The Labute approximate surface area is 52.7 Å². The van der Waals surface area contributed by atoms with Crippen LogP contribution >= 0.6 is 0 Å². The summed E-state index contributed by atoms with van der Waals surface area (Å²) in [6, 6.07) is 0. The third-order valence-electron chi connectivity index (χ3n) is 1.11. The monoisotopic (exact) mass is 132 g/mol. The van der Waals surface area contributed by atoms with Crippen LogP contribution in [0.5, 0.6) is 0 Å². The lowest BCUT2D eigenvalue weighted by atomic mass is 10.4. The average molecular weight is 132 g/mol. The smallest absolute Gasteiger partial charge is 0.425 e. The molecule has 1 aliphatic rings. The van der Waals surface area contributed by atoms with Crippen molar-refractivity contribution in [3.05, 3.63) is 0 Å². The number of methoxy groups -OCH3 is 1. The summed E-state index contributed by atoms with van der Waals surface area (Å²) in [5, 5.41) is 0. The van der Waals surface area contributed by atoms with Gasteiger partial charge in [0.15, 0.2) is 6.10 Å². The van der Waals surface area contributed by atoms with Gasteiger partial charge in [-0.1, -0.05) is 0 Å². The molecule has 1 rings (SSSR count). The maximum absolute atomic E-state index is 10.3. The number of ether oxygens (including phenoxy) is 3. The lowest BCUT2D eigenvalue weighted by Gasteiger charge is -2.06. The zero-order chi connectivity index (χ0) is 6.85. The molecule has 4 nitrogen and oxygen atoms in total. The summed E-state index contributed by atoms with van der Waals surface area (Å²) >= 11 is 0. The van der Waals surface area contributed by atoms with E-state index in [4.69, 9.17) is 4.74 Å². The van der Waals surface area contributed by atoms with Crippen LogP contribution in [-0.4, -0.2) is 25.7 Å². The lowest BCUT2D eigenvalue weighted by Crippen LogP contribution is -2.20. The molecule has 0 aliphatic carbocycles. The molecule has 0 saturated carbocycles. The first-order chi connectivity index (χ1) is 4.24. The summed E-state index contributed by atoms with van der Waals surface area (Å²) < 4.78 is 13.8. The molecule has 0 aromatic carbocycles. The first-order valence-electron chi connectivity index (χ1n) is 2.64. The van der Waals surface area contributed by atoms with Crippen LogP contribution in [0.4, 0.5) is 4.79 Å². The number of cyclic esters (lactones) is 2. The minimum absolute atomic E-state index is 0.289. The van der Waals surface area contributed by atoms with Crippen molar-refractivity contribution in [2.75, 3.05) is 7.11 Å². The molecule has 52 valence electrons. The van der Waals surface area contributed by atoms with Gasteiger partial charge in [-0.3, -0.25) is 0 Å².